The van der Waals surface area contributed by atoms with E-state index in [0.29, 0.717) is 11.2 Å². The molecule has 1 N–H and O–H groups in total. The highest BCUT2D eigenvalue weighted by Crippen LogP contribution is 2.12. The summed E-state index contributed by atoms with van der Waals surface area (Å²) in [4.78, 5) is 16.5. The number of carbonyl (C=O) groups excluding carboxylic acids is 1. The van der Waals surface area contributed by atoms with Crippen LogP contribution >= 0.6 is 0 Å². The summed E-state index contributed by atoms with van der Waals surface area (Å²) < 4.78 is 1.87. The third-order valence-corrected chi connectivity index (χ3v) is 2.34. The smallest absolute Gasteiger partial charge is 0.255 e. The molecule has 17 heavy (non-hydrogen) atoms. The number of imidazole rings is 1. The Kier molecular flexibility index (Phi) is 2.65. The SMILES string of the molecule is Cc1cn2cccc(C(=O)NC(C)(C)C)c2n1. The summed E-state index contributed by atoms with van der Waals surface area (Å²) in [7, 11) is 0. The van der Waals surface area contributed by atoms with Gasteiger partial charge in [-0.1, -0.05) is 0 Å². The van der Waals surface area contributed by atoms with Gasteiger partial charge in [-0.25, -0.2) is 4.98 Å². The summed E-state index contributed by atoms with van der Waals surface area (Å²) in [5.74, 6) is -0.0892. The summed E-state index contributed by atoms with van der Waals surface area (Å²) in [5.41, 5.74) is 1.97. The highest BCUT2D eigenvalue weighted by molar-refractivity contribution is 6.00. The summed E-state index contributed by atoms with van der Waals surface area (Å²) in [6.45, 7) is 7.80. The fraction of sp³-hybridized carbons (Fsp3) is 0.385. The Morgan fingerprint density at radius 3 is 2.76 bits per heavy atom. The minimum absolute atomic E-state index is 0.0892. The van der Waals surface area contributed by atoms with Crippen molar-refractivity contribution in [2.45, 2.75) is 33.2 Å². The molecule has 0 saturated heterocycles. The van der Waals surface area contributed by atoms with E-state index in [0.717, 1.165) is 5.69 Å². The first-order valence-electron chi connectivity index (χ1n) is 5.64. The van der Waals surface area contributed by atoms with Crippen LogP contribution in [-0.2, 0) is 0 Å². The zero-order valence-electron chi connectivity index (χ0n) is 10.6. The van der Waals surface area contributed by atoms with E-state index < -0.39 is 0 Å². The Morgan fingerprint density at radius 2 is 2.12 bits per heavy atom. The molecule has 0 fully saturated rings. The van der Waals surface area contributed by atoms with Crippen LogP contribution in [0.1, 0.15) is 36.8 Å². The fourth-order valence-electron chi connectivity index (χ4n) is 1.72. The first-order valence-corrected chi connectivity index (χ1v) is 5.64. The Bertz CT molecular complexity index is 564. The number of rotatable bonds is 1. The topological polar surface area (TPSA) is 46.4 Å². The lowest BCUT2D eigenvalue weighted by atomic mass is 10.1. The fourth-order valence-corrected chi connectivity index (χ4v) is 1.72. The van der Waals surface area contributed by atoms with Gasteiger partial charge in [0.15, 0.2) is 0 Å². The molecule has 0 atom stereocenters. The summed E-state index contributed by atoms with van der Waals surface area (Å²) in [6, 6.07) is 3.65. The summed E-state index contributed by atoms with van der Waals surface area (Å²) in [6.07, 6.45) is 3.80. The molecule has 0 saturated carbocycles. The molecule has 2 rings (SSSR count). The van der Waals surface area contributed by atoms with Crippen molar-refractivity contribution in [1.82, 2.24) is 14.7 Å². The Morgan fingerprint density at radius 1 is 1.41 bits per heavy atom. The van der Waals surface area contributed by atoms with E-state index in [2.05, 4.69) is 10.3 Å². The number of carbonyl (C=O) groups is 1. The van der Waals surface area contributed by atoms with Gasteiger partial charge < -0.3 is 9.72 Å². The second kappa shape index (κ2) is 3.87. The van der Waals surface area contributed by atoms with Crippen LogP contribution in [0.25, 0.3) is 5.65 Å². The molecule has 4 nitrogen and oxygen atoms in total. The van der Waals surface area contributed by atoms with Crippen molar-refractivity contribution >= 4 is 11.6 Å². The van der Waals surface area contributed by atoms with E-state index in [4.69, 9.17) is 0 Å². The van der Waals surface area contributed by atoms with Crippen molar-refractivity contribution in [3.63, 3.8) is 0 Å². The van der Waals surface area contributed by atoms with Gasteiger partial charge in [-0.05, 0) is 39.8 Å². The zero-order chi connectivity index (χ0) is 12.6. The Balaban J connectivity index is 2.45. The number of aryl methyl sites for hydroxylation is 1. The van der Waals surface area contributed by atoms with Crippen molar-refractivity contribution in [3.8, 4) is 0 Å². The van der Waals surface area contributed by atoms with E-state index in [-0.39, 0.29) is 11.4 Å². The first-order chi connectivity index (χ1) is 7.87. The van der Waals surface area contributed by atoms with Crippen molar-refractivity contribution in [2.24, 2.45) is 0 Å². The number of aromatic nitrogens is 2. The molecule has 0 spiro atoms. The third kappa shape index (κ3) is 2.46. The molecule has 0 aliphatic carbocycles. The minimum Gasteiger partial charge on any atom is -0.347 e. The van der Waals surface area contributed by atoms with Gasteiger partial charge in [0.05, 0.1) is 11.3 Å². The van der Waals surface area contributed by atoms with E-state index in [1.165, 1.54) is 0 Å². The number of fused-ring (bicyclic) bond motifs is 1. The molecule has 2 aromatic heterocycles. The average molecular weight is 231 g/mol. The van der Waals surface area contributed by atoms with Gasteiger partial charge in [0, 0.05) is 17.9 Å². The maximum absolute atomic E-state index is 12.1. The van der Waals surface area contributed by atoms with Crippen LogP contribution in [0, 0.1) is 6.92 Å². The number of hydrogen-bond acceptors (Lipinski definition) is 2. The molecule has 2 heterocycles. The molecule has 0 radical (unpaired) electrons. The van der Waals surface area contributed by atoms with Gasteiger partial charge in [0.2, 0.25) is 0 Å². The molecule has 1 amide bonds. The number of nitrogens with one attached hydrogen (secondary N) is 1. The highest BCUT2D eigenvalue weighted by Gasteiger charge is 2.18. The molecule has 0 bridgehead atoms. The minimum atomic E-state index is -0.244. The first kappa shape index (κ1) is 11.6. The monoisotopic (exact) mass is 231 g/mol. The number of nitrogens with zero attached hydrogens (tertiary/aromatic N) is 2. The summed E-state index contributed by atoms with van der Waals surface area (Å²) in [5, 5.41) is 2.94. The van der Waals surface area contributed by atoms with Gasteiger partial charge in [-0.15, -0.1) is 0 Å². The molecule has 90 valence electrons. The molecular formula is C13H17N3O. The molecule has 0 aliphatic rings. The van der Waals surface area contributed by atoms with Gasteiger partial charge in [-0.2, -0.15) is 0 Å². The van der Waals surface area contributed by atoms with Crippen LogP contribution in [0.3, 0.4) is 0 Å². The van der Waals surface area contributed by atoms with E-state index in [1.807, 2.05) is 50.6 Å². The molecule has 0 aliphatic heterocycles. The zero-order valence-corrected chi connectivity index (χ0v) is 10.6. The Labute approximate surface area is 101 Å². The van der Waals surface area contributed by atoms with Crippen LogP contribution in [0.5, 0.6) is 0 Å². The maximum atomic E-state index is 12.1. The van der Waals surface area contributed by atoms with Crippen molar-refractivity contribution < 1.29 is 4.79 Å². The lowest BCUT2D eigenvalue weighted by molar-refractivity contribution is 0.0920. The van der Waals surface area contributed by atoms with Crippen molar-refractivity contribution in [3.05, 3.63) is 35.8 Å². The number of pyridine rings is 1. The quantitative estimate of drug-likeness (QED) is 0.817. The van der Waals surface area contributed by atoms with Crippen LogP contribution in [0.15, 0.2) is 24.5 Å². The largest absolute Gasteiger partial charge is 0.347 e. The molecule has 4 heteroatoms. The van der Waals surface area contributed by atoms with Gasteiger partial charge >= 0.3 is 0 Å². The maximum Gasteiger partial charge on any atom is 0.255 e. The van der Waals surface area contributed by atoms with Crippen molar-refractivity contribution in [1.29, 1.82) is 0 Å². The predicted octanol–water partition coefficient (Wildman–Crippen LogP) is 2.17. The van der Waals surface area contributed by atoms with Gasteiger partial charge in [0.25, 0.3) is 5.91 Å². The van der Waals surface area contributed by atoms with Crippen molar-refractivity contribution in [2.75, 3.05) is 0 Å². The molecule has 0 unspecified atom stereocenters. The summed E-state index contributed by atoms with van der Waals surface area (Å²) >= 11 is 0. The van der Waals surface area contributed by atoms with Crippen LogP contribution < -0.4 is 5.32 Å². The highest BCUT2D eigenvalue weighted by atomic mass is 16.1. The average Bonchev–Trinajstić information content (AvgIpc) is 2.54. The second-order valence-corrected chi connectivity index (χ2v) is 5.24. The normalized spacial score (nSPS) is 11.8. The number of amides is 1. The molecule has 2 aromatic rings. The van der Waals surface area contributed by atoms with E-state index >= 15 is 0 Å². The van der Waals surface area contributed by atoms with Crippen LogP contribution in [0.4, 0.5) is 0 Å². The van der Waals surface area contributed by atoms with Gasteiger partial charge in [-0.3, -0.25) is 4.79 Å². The molecule has 0 aromatic carbocycles. The molecular weight excluding hydrogens is 214 g/mol. The predicted molar refractivity (Wildman–Crippen MR) is 67.1 cm³/mol. The Hall–Kier alpha value is -1.84. The van der Waals surface area contributed by atoms with E-state index in [1.54, 1.807) is 6.07 Å². The van der Waals surface area contributed by atoms with Crippen LogP contribution in [-0.4, -0.2) is 20.8 Å². The van der Waals surface area contributed by atoms with E-state index in [9.17, 15) is 4.79 Å². The number of hydrogen-bond donors (Lipinski definition) is 1. The third-order valence-electron chi connectivity index (χ3n) is 2.34. The lowest BCUT2D eigenvalue weighted by Gasteiger charge is -2.20. The van der Waals surface area contributed by atoms with Gasteiger partial charge in [0.1, 0.15) is 5.65 Å². The van der Waals surface area contributed by atoms with Crippen LogP contribution in [0.2, 0.25) is 0 Å². The lowest BCUT2D eigenvalue weighted by Crippen LogP contribution is -2.40. The second-order valence-electron chi connectivity index (χ2n) is 5.24. The standard InChI is InChI=1S/C13H17N3O/c1-9-8-16-7-5-6-10(11(16)14-9)12(17)15-13(2,3)4/h5-8H,1-4H3,(H,15,17).